The first kappa shape index (κ1) is 4.49. The topological polar surface area (TPSA) is 29.4 Å². The first-order valence-corrected chi connectivity index (χ1v) is 3.05. The van der Waals surface area contributed by atoms with E-state index in [0.29, 0.717) is 3.92 Å². The zero-order valence-electron chi connectivity index (χ0n) is 3.10. The van der Waals surface area contributed by atoms with E-state index in [-0.39, 0.29) is 6.04 Å². The molecular formula is C3H4INO. The molecule has 0 aromatic rings. The molecule has 1 aliphatic carbocycles. The van der Waals surface area contributed by atoms with Crippen LogP contribution in [0.2, 0.25) is 0 Å². The van der Waals surface area contributed by atoms with Gasteiger partial charge in [0.05, 0.1) is 0 Å². The number of halogens is 1. The fourth-order valence-electron chi connectivity index (χ4n) is 0.261. The Morgan fingerprint density at radius 3 is 2.33 bits per heavy atom. The summed E-state index contributed by atoms with van der Waals surface area (Å²) in [4.78, 5) is 9.52. The van der Waals surface area contributed by atoms with E-state index in [0.717, 1.165) is 6.42 Å². The minimum Gasteiger partial charge on any atom is -0.150 e. The number of hydrogen-bond donors (Lipinski definition) is 0. The van der Waals surface area contributed by atoms with E-state index in [1.807, 2.05) is 0 Å². The molecule has 2 atom stereocenters. The highest BCUT2D eigenvalue weighted by Crippen LogP contribution is 2.33. The van der Waals surface area contributed by atoms with Gasteiger partial charge in [0, 0.05) is 3.92 Å². The molecule has 1 aliphatic rings. The van der Waals surface area contributed by atoms with Crippen LogP contribution in [0.15, 0.2) is 5.18 Å². The summed E-state index contributed by atoms with van der Waals surface area (Å²) in [6.45, 7) is 0. The summed E-state index contributed by atoms with van der Waals surface area (Å²) in [6, 6.07) is 0.158. The summed E-state index contributed by atoms with van der Waals surface area (Å²) >= 11 is 2.22. The van der Waals surface area contributed by atoms with Crippen LogP contribution in [0.1, 0.15) is 6.42 Å². The van der Waals surface area contributed by atoms with E-state index in [1.54, 1.807) is 0 Å². The molecule has 1 saturated carbocycles. The Bertz CT molecular complexity index is 75.2. The Morgan fingerprint density at radius 1 is 1.83 bits per heavy atom. The van der Waals surface area contributed by atoms with E-state index < -0.39 is 0 Å². The molecule has 0 aliphatic heterocycles. The van der Waals surface area contributed by atoms with Gasteiger partial charge in [-0.2, -0.15) is 4.91 Å². The third kappa shape index (κ3) is 0.692. The zero-order valence-corrected chi connectivity index (χ0v) is 5.25. The van der Waals surface area contributed by atoms with Crippen LogP contribution in [0.5, 0.6) is 0 Å². The van der Waals surface area contributed by atoms with Crippen LogP contribution in [-0.4, -0.2) is 9.97 Å². The van der Waals surface area contributed by atoms with Gasteiger partial charge in [-0.15, -0.1) is 0 Å². The Balaban J connectivity index is 2.25. The SMILES string of the molecule is O=NC1CC1I. The summed E-state index contributed by atoms with van der Waals surface area (Å²) in [6.07, 6.45) is 1.00. The Labute approximate surface area is 49.4 Å². The van der Waals surface area contributed by atoms with Crippen molar-refractivity contribution in [3.63, 3.8) is 0 Å². The second-order valence-corrected chi connectivity index (χ2v) is 3.02. The molecule has 0 spiro atoms. The van der Waals surface area contributed by atoms with Crippen molar-refractivity contribution in [3.8, 4) is 0 Å². The number of nitrogens with zero attached hydrogens (tertiary/aromatic N) is 1. The number of hydrogen-bond acceptors (Lipinski definition) is 2. The fraction of sp³-hybridized carbons (Fsp3) is 1.00. The largest absolute Gasteiger partial charge is 0.150 e. The van der Waals surface area contributed by atoms with Crippen molar-refractivity contribution in [1.82, 2.24) is 0 Å². The molecule has 1 fully saturated rings. The van der Waals surface area contributed by atoms with E-state index in [4.69, 9.17) is 0 Å². The van der Waals surface area contributed by atoms with Gasteiger partial charge < -0.3 is 0 Å². The Kier molecular flexibility index (Phi) is 1.08. The lowest BCUT2D eigenvalue weighted by Crippen LogP contribution is -1.72. The molecule has 0 heterocycles. The molecule has 2 nitrogen and oxygen atoms in total. The van der Waals surface area contributed by atoms with Gasteiger partial charge in [-0.1, -0.05) is 27.8 Å². The molecule has 0 aromatic heterocycles. The van der Waals surface area contributed by atoms with Crippen molar-refractivity contribution < 1.29 is 0 Å². The van der Waals surface area contributed by atoms with Crippen LogP contribution in [0.3, 0.4) is 0 Å². The Morgan fingerprint density at radius 2 is 2.33 bits per heavy atom. The van der Waals surface area contributed by atoms with Crippen molar-refractivity contribution in [3.05, 3.63) is 4.91 Å². The van der Waals surface area contributed by atoms with Crippen LogP contribution in [0.25, 0.3) is 0 Å². The summed E-state index contributed by atoms with van der Waals surface area (Å²) < 4.78 is 0.556. The van der Waals surface area contributed by atoms with Crippen molar-refractivity contribution in [2.45, 2.75) is 16.4 Å². The molecule has 0 bridgehead atoms. The highest BCUT2D eigenvalue weighted by atomic mass is 127. The smallest absolute Gasteiger partial charge is 0.105 e. The van der Waals surface area contributed by atoms with Crippen LogP contribution in [0, 0.1) is 4.91 Å². The van der Waals surface area contributed by atoms with Gasteiger partial charge in [0.15, 0.2) is 0 Å². The average Bonchev–Trinajstić information content (AvgIpc) is 2.19. The van der Waals surface area contributed by atoms with Crippen LogP contribution < -0.4 is 0 Å². The second kappa shape index (κ2) is 1.44. The summed E-state index contributed by atoms with van der Waals surface area (Å²) in [5, 5.41) is 2.82. The number of nitroso groups, excluding NO2 is 1. The van der Waals surface area contributed by atoms with Gasteiger partial charge in [-0.3, -0.25) is 0 Å². The van der Waals surface area contributed by atoms with E-state index in [9.17, 15) is 4.91 Å². The normalized spacial score (nSPS) is 42.2. The molecule has 0 amide bonds. The lowest BCUT2D eigenvalue weighted by Gasteiger charge is -1.65. The Hall–Kier alpha value is 0.330. The minimum absolute atomic E-state index is 0.158. The first-order chi connectivity index (χ1) is 2.84. The quantitative estimate of drug-likeness (QED) is 0.354. The monoisotopic (exact) mass is 197 g/mol. The lowest BCUT2D eigenvalue weighted by atomic mass is 10.8. The maximum atomic E-state index is 9.52. The molecule has 34 valence electrons. The van der Waals surface area contributed by atoms with E-state index in [2.05, 4.69) is 27.8 Å². The maximum absolute atomic E-state index is 9.52. The number of rotatable bonds is 1. The summed E-state index contributed by atoms with van der Waals surface area (Å²) in [7, 11) is 0. The van der Waals surface area contributed by atoms with Crippen LogP contribution >= 0.6 is 22.6 Å². The van der Waals surface area contributed by atoms with Crippen molar-refractivity contribution in [2.24, 2.45) is 5.18 Å². The standard InChI is InChI=1S/C3H4INO/c4-2-1-3(2)5-6/h2-3H,1H2. The van der Waals surface area contributed by atoms with Gasteiger partial charge in [-0.25, -0.2) is 0 Å². The molecule has 3 heteroatoms. The molecule has 6 heavy (non-hydrogen) atoms. The van der Waals surface area contributed by atoms with Gasteiger partial charge in [0.25, 0.3) is 0 Å². The highest BCUT2D eigenvalue weighted by molar-refractivity contribution is 14.1. The van der Waals surface area contributed by atoms with Gasteiger partial charge in [0.2, 0.25) is 0 Å². The van der Waals surface area contributed by atoms with Crippen LogP contribution in [0.4, 0.5) is 0 Å². The van der Waals surface area contributed by atoms with Crippen molar-refractivity contribution >= 4 is 22.6 Å². The molecule has 1 rings (SSSR count). The lowest BCUT2D eigenvalue weighted by molar-refractivity contribution is 1.06. The molecule has 0 saturated heterocycles. The van der Waals surface area contributed by atoms with Gasteiger partial charge in [0.1, 0.15) is 6.04 Å². The maximum Gasteiger partial charge on any atom is 0.105 e. The second-order valence-electron chi connectivity index (χ2n) is 1.42. The summed E-state index contributed by atoms with van der Waals surface area (Å²) in [5.74, 6) is 0. The van der Waals surface area contributed by atoms with E-state index >= 15 is 0 Å². The molecule has 0 N–H and O–H groups in total. The van der Waals surface area contributed by atoms with Crippen molar-refractivity contribution in [1.29, 1.82) is 0 Å². The number of alkyl halides is 1. The summed E-state index contributed by atoms with van der Waals surface area (Å²) in [5.41, 5.74) is 0. The highest BCUT2D eigenvalue weighted by Gasteiger charge is 2.35. The zero-order chi connectivity index (χ0) is 4.57. The molecule has 0 radical (unpaired) electrons. The average molecular weight is 197 g/mol. The molecule has 2 unspecified atom stereocenters. The first-order valence-electron chi connectivity index (χ1n) is 1.81. The van der Waals surface area contributed by atoms with Gasteiger partial charge >= 0.3 is 0 Å². The predicted molar refractivity (Wildman–Crippen MR) is 32.0 cm³/mol. The van der Waals surface area contributed by atoms with Crippen molar-refractivity contribution in [2.75, 3.05) is 0 Å². The third-order valence-corrected chi connectivity index (χ3v) is 2.16. The third-order valence-electron chi connectivity index (χ3n) is 0.816. The molecular weight excluding hydrogens is 193 g/mol. The predicted octanol–water partition coefficient (Wildman–Crippen LogP) is 1.33. The van der Waals surface area contributed by atoms with E-state index in [1.165, 1.54) is 0 Å². The molecule has 0 aromatic carbocycles. The minimum atomic E-state index is 0.158. The fourth-order valence-corrected chi connectivity index (χ4v) is 0.914. The van der Waals surface area contributed by atoms with Crippen LogP contribution in [-0.2, 0) is 0 Å². The van der Waals surface area contributed by atoms with Gasteiger partial charge in [-0.05, 0) is 6.42 Å².